The second-order valence-corrected chi connectivity index (χ2v) is 17.6. The van der Waals surface area contributed by atoms with Crippen LogP contribution in [0.1, 0.15) is 27.2 Å². The van der Waals surface area contributed by atoms with Crippen LogP contribution >= 0.6 is 24.8 Å². The Morgan fingerprint density at radius 2 is 1.57 bits per heavy atom. The molecule has 3 aromatic carbocycles. The van der Waals surface area contributed by atoms with Gasteiger partial charge in [-0.2, -0.15) is 17.7 Å². The first-order valence-corrected chi connectivity index (χ1v) is 16.0. The molecule has 0 unspecified atom stereocenters. The predicted molar refractivity (Wildman–Crippen MR) is 137 cm³/mol. The first-order valence-electron chi connectivity index (χ1n) is 9.77. The molecule has 0 amide bonds. The molecular formula is C26H32Cl2SiZr. The third kappa shape index (κ3) is 9.56. The van der Waals surface area contributed by atoms with Gasteiger partial charge in [0.15, 0.2) is 0 Å². The quantitative estimate of drug-likeness (QED) is 0.217. The van der Waals surface area contributed by atoms with Gasteiger partial charge in [0, 0.05) is 0 Å². The van der Waals surface area contributed by atoms with Gasteiger partial charge < -0.3 is 0 Å². The summed E-state index contributed by atoms with van der Waals surface area (Å²) in [5.41, 5.74) is 4.65. The second-order valence-electron chi connectivity index (χ2n) is 8.19. The third-order valence-corrected chi connectivity index (χ3v) is 4.42. The van der Waals surface area contributed by atoms with Gasteiger partial charge in [-0.15, -0.1) is 60.2 Å². The normalized spacial score (nSPS) is 11.8. The molecule has 0 saturated carbocycles. The number of hydrogen-bond donors (Lipinski definition) is 0. The van der Waals surface area contributed by atoms with E-state index in [1.165, 1.54) is 27.5 Å². The molecule has 1 aliphatic rings. The Kier molecular flexibility index (Phi) is 13.9. The van der Waals surface area contributed by atoms with Gasteiger partial charge in [-0.3, -0.25) is 6.08 Å². The number of allylic oxidation sites excluding steroid dienone is 4. The van der Waals surface area contributed by atoms with Crippen molar-refractivity contribution in [3.8, 4) is 11.1 Å². The molecule has 0 fully saturated rings. The minimum absolute atomic E-state index is 0. The van der Waals surface area contributed by atoms with Gasteiger partial charge in [-0.1, -0.05) is 62.7 Å². The van der Waals surface area contributed by atoms with Gasteiger partial charge in [0.05, 0.1) is 0 Å². The van der Waals surface area contributed by atoms with Gasteiger partial charge in [0.25, 0.3) is 0 Å². The summed E-state index contributed by atoms with van der Waals surface area (Å²) in [7, 11) is 0. The van der Waals surface area contributed by atoms with Crippen molar-refractivity contribution in [2.45, 2.75) is 40.3 Å². The molecule has 0 N–H and O–H groups in total. The number of benzene rings is 2. The molecular weight excluding hydrogens is 503 g/mol. The molecule has 0 saturated heterocycles. The predicted octanol–water partition coefficient (Wildman–Crippen LogP) is 8.58. The number of halogens is 2. The first-order chi connectivity index (χ1) is 13.3. The van der Waals surface area contributed by atoms with Crippen LogP contribution in [0.5, 0.6) is 0 Å². The molecule has 0 atom stereocenters. The molecule has 0 radical (unpaired) electrons. The van der Waals surface area contributed by atoms with Crippen LogP contribution in [0.2, 0.25) is 13.1 Å². The minimum atomic E-state index is 0. The number of hydrogen-bond acceptors (Lipinski definition) is 0. The monoisotopic (exact) mass is 532 g/mol. The molecule has 0 nitrogen and oxygen atoms in total. The Hall–Kier alpha value is -0.790. The largest absolute Gasteiger partial charge is 0.168 e. The Morgan fingerprint density at radius 1 is 0.933 bits per heavy atom. The molecule has 158 valence electrons. The van der Waals surface area contributed by atoms with Crippen molar-refractivity contribution in [1.29, 1.82) is 0 Å². The van der Waals surface area contributed by atoms with Gasteiger partial charge >= 0.3 is 41.9 Å². The fourth-order valence-electron chi connectivity index (χ4n) is 2.93. The summed E-state index contributed by atoms with van der Waals surface area (Å²) in [6.07, 6.45) is 8.37. The van der Waals surface area contributed by atoms with Crippen molar-refractivity contribution in [3.05, 3.63) is 90.5 Å². The zero-order chi connectivity index (χ0) is 20.6. The van der Waals surface area contributed by atoms with Crippen LogP contribution < -0.4 is 0 Å². The maximum atomic E-state index is 3.16. The van der Waals surface area contributed by atoms with Gasteiger partial charge in [0.2, 0.25) is 0 Å². The van der Waals surface area contributed by atoms with E-state index < -0.39 is 0 Å². The molecule has 0 heterocycles. The molecule has 0 spiro atoms. The van der Waals surface area contributed by atoms with Crippen LogP contribution in [0.15, 0.2) is 84.5 Å². The Labute approximate surface area is 210 Å². The molecule has 4 heteroatoms. The Bertz CT molecular complexity index is 959. The number of fused-ring (bicyclic) bond motifs is 1. The fourth-order valence-corrected chi connectivity index (χ4v) is 2.93. The first kappa shape index (κ1) is 29.2. The molecule has 1 aliphatic carbocycles. The molecule has 4 rings (SSSR count). The van der Waals surface area contributed by atoms with Crippen molar-refractivity contribution in [2.24, 2.45) is 5.41 Å². The van der Waals surface area contributed by atoms with Gasteiger partial charge in [-0.25, -0.2) is 12.2 Å². The summed E-state index contributed by atoms with van der Waals surface area (Å²) in [6.45, 7) is 11.3. The van der Waals surface area contributed by atoms with E-state index in [4.69, 9.17) is 0 Å². The third-order valence-electron chi connectivity index (χ3n) is 4.42. The molecule has 0 bridgehead atoms. The van der Waals surface area contributed by atoms with Gasteiger partial charge in [0.1, 0.15) is 0 Å². The summed E-state index contributed by atoms with van der Waals surface area (Å²) in [6, 6.07) is 23.4. The minimum Gasteiger partial charge on any atom is -0.168 e. The smallest absolute Gasteiger partial charge is 0.0279 e. The van der Waals surface area contributed by atoms with E-state index in [0.717, 1.165) is 6.42 Å². The Balaban J connectivity index is 0.000000486. The van der Waals surface area contributed by atoms with E-state index in [9.17, 15) is 0 Å². The standard InChI is InChI=1S/C15H11.C9H13.C2H6Si.2ClH.Zr/c1-2-6-12(7-3-1)14-10-4-8-13-9-5-11-15(13)14;1-9(2,3)8-6-4-5-7-8;1-3-2;;;/h1-11H;4,6H,7H2,1-3H3;1-2H3;2*1H;/q2*-1;;;;+2. The second kappa shape index (κ2) is 14.3. The van der Waals surface area contributed by atoms with Crippen LogP contribution in [0.25, 0.3) is 21.9 Å². The van der Waals surface area contributed by atoms with Crippen LogP contribution in [-0.2, 0) is 23.3 Å². The summed E-state index contributed by atoms with van der Waals surface area (Å²) in [5, 5.41) is 2.65. The topological polar surface area (TPSA) is 0 Å². The zero-order valence-electron chi connectivity index (χ0n) is 18.5. The van der Waals surface area contributed by atoms with Crippen molar-refractivity contribution in [2.75, 3.05) is 0 Å². The van der Waals surface area contributed by atoms with E-state index in [1.807, 2.05) is 6.08 Å². The van der Waals surface area contributed by atoms with Crippen LogP contribution in [-0.4, -0.2) is 5.43 Å². The maximum absolute atomic E-state index is 3.16. The number of rotatable bonds is 1. The molecule has 0 aliphatic heterocycles. The SMILES string of the molecule is CC(C)(C)C1=CC=[C-]C1.C[Si](C)=[Zr+2].Cl.Cl.c1ccc(-c2cccc3[cH-]ccc23)cc1. The van der Waals surface area contributed by atoms with E-state index in [1.54, 1.807) is 23.3 Å². The van der Waals surface area contributed by atoms with Gasteiger partial charge in [-0.05, 0) is 11.0 Å². The van der Waals surface area contributed by atoms with E-state index >= 15 is 0 Å². The van der Waals surface area contributed by atoms with E-state index in [-0.39, 0.29) is 30.2 Å². The average Bonchev–Trinajstić information content (AvgIpc) is 3.33. The van der Waals surface area contributed by atoms with E-state index in [2.05, 4.69) is 113 Å². The maximum Gasteiger partial charge on any atom is -0.0279 e. The summed E-state index contributed by atoms with van der Waals surface area (Å²) in [4.78, 5) is 0. The molecule has 30 heavy (non-hydrogen) atoms. The summed E-state index contributed by atoms with van der Waals surface area (Å²) >= 11 is 1.74. The molecule has 3 aromatic rings. The zero-order valence-corrected chi connectivity index (χ0v) is 23.6. The van der Waals surface area contributed by atoms with Crippen LogP contribution in [0.4, 0.5) is 0 Å². The Morgan fingerprint density at radius 3 is 2.07 bits per heavy atom. The average molecular weight is 535 g/mol. The fraction of sp³-hybridized carbons (Fsp3) is 0.269. The van der Waals surface area contributed by atoms with Crippen molar-refractivity contribution in [3.63, 3.8) is 0 Å². The molecule has 0 aromatic heterocycles. The van der Waals surface area contributed by atoms with Crippen LogP contribution in [0.3, 0.4) is 0 Å². The summed E-state index contributed by atoms with van der Waals surface area (Å²) < 4.78 is 0. The van der Waals surface area contributed by atoms with E-state index in [0.29, 0.717) is 5.41 Å². The van der Waals surface area contributed by atoms with Crippen molar-refractivity contribution >= 4 is 41.0 Å². The van der Waals surface area contributed by atoms with Crippen LogP contribution in [0, 0.1) is 11.5 Å². The van der Waals surface area contributed by atoms with Crippen molar-refractivity contribution in [1.82, 2.24) is 0 Å². The summed E-state index contributed by atoms with van der Waals surface area (Å²) in [5.74, 6) is 0. The van der Waals surface area contributed by atoms with Crippen molar-refractivity contribution < 1.29 is 23.3 Å².